The van der Waals surface area contributed by atoms with Crippen LogP contribution in [0.3, 0.4) is 0 Å². The van der Waals surface area contributed by atoms with Crippen molar-refractivity contribution in [3.63, 3.8) is 0 Å². The van der Waals surface area contributed by atoms with Gasteiger partial charge in [-0.05, 0) is 33.1 Å². The Labute approximate surface area is 113 Å². The number of rotatable bonds is 5. The standard InChI is InChI=1S/C12H22N6O/c1-4-12(2,3)19-11-15-9(17-13)14-10(16-11)18-7-5-6-8-18/h4-8,13H2,1-3H3,(H,14,15,16,17). The van der Waals surface area contributed by atoms with Gasteiger partial charge in [0.05, 0.1) is 0 Å². The van der Waals surface area contributed by atoms with Crippen LogP contribution in [0.1, 0.15) is 40.0 Å². The molecule has 1 fully saturated rings. The molecule has 0 bridgehead atoms. The van der Waals surface area contributed by atoms with Crippen LogP contribution in [0.5, 0.6) is 6.01 Å². The quantitative estimate of drug-likeness (QED) is 0.613. The molecule has 0 saturated carbocycles. The molecular formula is C12H22N6O. The van der Waals surface area contributed by atoms with Gasteiger partial charge in [0.1, 0.15) is 5.60 Å². The van der Waals surface area contributed by atoms with Crippen molar-refractivity contribution in [3.8, 4) is 6.01 Å². The molecule has 1 saturated heterocycles. The average molecular weight is 266 g/mol. The summed E-state index contributed by atoms with van der Waals surface area (Å²) in [5, 5.41) is 0. The number of anilines is 2. The molecule has 1 aliphatic heterocycles. The van der Waals surface area contributed by atoms with E-state index >= 15 is 0 Å². The van der Waals surface area contributed by atoms with Gasteiger partial charge in [0, 0.05) is 13.1 Å². The summed E-state index contributed by atoms with van der Waals surface area (Å²) in [6.45, 7) is 7.99. The first kappa shape index (κ1) is 13.8. The third kappa shape index (κ3) is 3.44. The van der Waals surface area contributed by atoms with Crippen LogP contribution in [0.15, 0.2) is 0 Å². The van der Waals surface area contributed by atoms with E-state index in [0.29, 0.717) is 17.9 Å². The second kappa shape index (κ2) is 5.56. The van der Waals surface area contributed by atoms with Gasteiger partial charge < -0.3 is 9.64 Å². The fourth-order valence-corrected chi connectivity index (χ4v) is 1.83. The molecule has 106 valence electrons. The number of hydrazine groups is 1. The Morgan fingerprint density at radius 2 is 1.95 bits per heavy atom. The number of hydrogen-bond acceptors (Lipinski definition) is 7. The molecule has 0 atom stereocenters. The van der Waals surface area contributed by atoms with Crippen LogP contribution in [0, 0.1) is 0 Å². The molecule has 2 rings (SSSR count). The van der Waals surface area contributed by atoms with Crippen LogP contribution in [-0.4, -0.2) is 33.6 Å². The van der Waals surface area contributed by atoms with E-state index in [2.05, 4.69) is 32.2 Å². The normalized spacial score (nSPS) is 15.7. The lowest BCUT2D eigenvalue weighted by molar-refractivity contribution is 0.0925. The zero-order valence-electron chi connectivity index (χ0n) is 11.8. The summed E-state index contributed by atoms with van der Waals surface area (Å²) in [5.74, 6) is 6.37. The monoisotopic (exact) mass is 266 g/mol. The molecular weight excluding hydrogens is 244 g/mol. The molecule has 0 aliphatic carbocycles. The van der Waals surface area contributed by atoms with Crippen LogP contribution in [0.2, 0.25) is 0 Å². The van der Waals surface area contributed by atoms with Gasteiger partial charge in [-0.2, -0.15) is 15.0 Å². The van der Waals surface area contributed by atoms with Crippen LogP contribution in [0.25, 0.3) is 0 Å². The minimum Gasteiger partial charge on any atom is -0.457 e. The summed E-state index contributed by atoms with van der Waals surface area (Å²) in [4.78, 5) is 14.9. The minimum atomic E-state index is -0.310. The molecule has 2 heterocycles. The fourth-order valence-electron chi connectivity index (χ4n) is 1.83. The van der Waals surface area contributed by atoms with Crippen molar-refractivity contribution in [1.29, 1.82) is 0 Å². The van der Waals surface area contributed by atoms with Gasteiger partial charge in [0.15, 0.2) is 0 Å². The first-order chi connectivity index (χ1) is 9.04. The number of hydrogen-bond donors (Lipinski definition) is 2. The average Bonchev–Trinajstić information content (AvgIpc) is 2.91. The molecule has 0 radical (unpaired) electrons. The van der Waals surface area contributed by atoms with Crippen LogP contribution in [0.4, 0.5) is 11.9 Å². The maximum Gasteiger partial charge on any atom is 0.323 e. The van der Waals surface area contributed by atoms with Crippen molar-refractivity contribution in [2.75, 3.05) is 23.4 Å². The smallest absolute Gasteiger partial charge is 0.323 e. The molecule has 0 spiro atoms. The third-order valence-electron chi connectivity index (χ3n) is 3.34. The molecule has 7 heteroatoms. The number of nitrogens with two attached hydrogens (primary N) is 1. The van der Waals surface area contributed by atoms with Crippen molar-refractivity contribution < 1.29 is 4.74 Å². The predicted molar refractivity (Wildman–Crippen MR) is 74.1 cm³/mol. The van der Waals surface area contributed by atoms with Gasteiger partial charge in [0.25, 0.3) is 0 Å². The first-order valence-electron chi connectivity index (χ1n) is 6.71. The second-order valence-electron chi connectivity index (χ2n) is 5.30. The SMILES string of the molecule is CCC(C)(C)Oc1nc(NN)nc(N2CCCC2)n1. The highest BCUT2D eigenvalue weighted by atomic mass is 16.5. The van der Waals surface area contributed by atoms with Crippen LogP contribution >= 0.6 is 0 Å². The summed E-state index contributed by atoms with van der Waals surface area (Å²) in [6, 6.07) is 0.316. The lowest BCUT2D eigenvalue weighted by Crippen LogP contribution is -2.29. The summed E-state index contributed by atoms with van der Waals surface area (Å²) in [6.07, 6.45) is 3.19. The highest BCUT2D eigenvalue weighted by molar-refractivity contribution is 5.38. The van der Waals surface area contributed by atoms with Crippen molar-refractivity contribution in [2.45, 2.75) is 45.6 Å². The Bertz CT molecular complexity index is 430. The zero-order valence-corrected chi connectivity index (χ0v) is 11.8. The topological polar surface area (TPSA) is 89.2 Å². The Hall–Kier alpha value is -1.63. The van der Waals surface area contributed by atoms with Gasteiger partial charge in [-0.15, -0.1) is 0 Å². The number of nitrogens with one attached hydrogen (secondary N) is 1. The highest BCUT2D eigenvalue weighted by Crippen LogP contribution is 2.22. The lowest BCUT2D eigenvalue weighted by atomic mass is 10.1. The molecule has 19 heavy (non-hydrogen) atoms. The van der Waals surface area contributed by atoms with Crippen LogP contribution in [-0.2, 0) is 0 Å². The zero-order chi connectivity index (χ0) is 13.9. The van der Waals surface area contributed by atoms with Crippen molar-refractivity contribution in [3.05, 3.63) is 0 Å². The van der Waals surface area contributed by atoms with Gasteiger partial charge in [-0.3, -0.25) is 5.43 Å². The molecule has 1 aromatic rings. The van der Waals surface area contributed by atoms with Crippen molar-refractivity contribution >= 4 is 11.9 Å². The second-order valence-corrected chi connectivity index (χ2v) is 5.30. The Morgan fingerprint density at radius 3 is 2.53 bits per heavy atom. The van der Waals surface area contributed by atoms with Crippen LogP contribution < -0.4 is 20.9 Å². The van der Waals surface area contributed by atoms with E-state index in [-0.39, 0.29) is 5.60 Å². The van der Waals surface area contributed by atoms with E-state index in [1.165, 1.54) is 0 Å². The number of aromatic nitrogens is 3. The summed E-state index contributed by atoms with van der Waals surface area (Å²) in [5.41, 5.74) is 2.16. The lowest BCUT2D eigenvalue weighted by Gasteiger charge is -2.24. The summed E-state index contributed by atoms with van der Waals surface area (Å²) in [7, 11) is 0. The van der Waals surface area contributed by atoms with Gasteiger partial charge in [-0.25, -0.2) is 5.84 Å². The molecule has 1 aliphatic rings. The predicted octanol–water partition coefficient (Wildman–Crippen LogP) is 1.32. The summed E-state index contributed by atoms with van der Waals surface area (Å²) >= 11 is 0. The van der Waals surface area contributed by atoms with Gasteiger partial charge in [-0.1, -0.05) is 6.92 Å². The first-order valence-corrected chi connectivity index (χ1v) is 6.71. The van der Waals surface area contributed by atoms with E-state index in [4.69, 9.17) is 10.6 Å². The maximum absolute atomic E-state index is 5.81. The summed E-state index contributed by atoms with van der Waals surface area (Å²) < 4.78 is 5.81. The Balaban J connectivity index is 2.25. The Morgan fingerprint density at radius 1 is 1.26 bits per heavy atom. The highest BCUT2D eigenvalue weighted by Gasteiger charge is 2.22. The molecule has 7 nitrogen and oxygen atoms in total. The van der Waals surface area contributed by atoms with E-state index in [1.54, 1.807) is 0 Å². The van der Waals surface area contributed by atoms with E-state index < -0.39 is 0 Å². The maximum atomic E-state index is 5.81. The molecule has 0 aromatic carbocycles. The Kier molecular flexibility index (Phi) is 4.04. The van der Waals surface area contributed by atoms with Crippen molar-refractivity contribution in [1.82, 2.24) is 15.0 Å². The van der Waals surface area contributed by atoms with Crippen molar-refractivity contribution in [2.24, 2.45) is 5.84 Å². The number of nitrogen functional groups attached to an aromatic ring is 1. The van der Waals surface area contributed by atoms with Gasteiger partial charge in [0.2, 0.25) is 11.9 Å². The van der Waals surface area contributed by atoms with Gasteiger partial charge >= 0.3 is 6.01 Å². The minimum absolute atomic E-state index is 0.310. The molecule has 0 unspecified atom stereocenters. The molecule has 3 N–H and O–H groups in total. The third-order valence-corrected chi connectivity index (χ3v) is 3.34. The number of nitrogens with zero attached hydrogens (tertiary/aromatic N) is 4. The molecule has 0 amide bonds. The number of ether oxygens (including phenoxy) is 1. The fraction of sp³-hybridized carbons (Fsp3) is 0.750. The van der Waals surface area contributed by atoms with E-state index in [1.807, 2.05) is 13.8 Å². The van der Waals surface area contributed by atoms with E-state index in [9.17, 15) is 0 Å². The van der Waals surface area contributed by atoms with E-state index in [0.717, 1.165) is 32.4 Å². The molecule has 1 aromatic heterocycles. The largest absolute Gasteiger partial charge is 0.457 e.